The van der Waals surface area contributed by atoms with E-state index in [1.54, 1.807) is 11.0 Å². The summed E-state index contributed by atoms with van der Waals surface area (Å²) in [7, 11) is 0. The maximum Gasteiger partial charge on any atom is 0.237 e. The lowest BCUT2D eigenvalue weighted by atomic mass is 10.3. The quantitative estimate of drug-likeness (QED) is 0.650. The fourth-order valence-electron chi connectivity index (χ4n) is 1.67. The van der Waals surface area contributed by atoms with Gasteiger partial charge in [0, 0.05) is 6.54 Å². The van der Waals surface area contributed by atoms with Crippen LogP contribution < -0.4 is 4.90 Å². The molecule has 0 saturated heterocycles. The first-order valence-corrected chi connectivity index (χ1v) is 7.37. The third kappa shape index (κ3) is 2.52. The monoisotopic (exact) mass is 286 g/mol. The molecule has 0 radical (unpaired) electrons. The van der Waals surface area contributed by atoms with Crippen LogP contribution in [0.3, 0.4) is 0 Å². The van der Waals surface area contributed by atoms with Gasteiger partial charge in [-0.05, 0) is 13.0 Å². The van der Waals surface area contributed by atoms with Gasteiger partial charge in [-0.2, -0.15) is 0 Å². The van der Waals surface area contributed by atoms with Crippen molar-refractivity contribution in [2.75, 3.05) is 30.4 Å². The van der Waals surface area contributed by atoms with Crippen LogP contribution in [0.15, 0.2) is 10.3 Å². The molecule has 1 aliphatic heterocycles. The predicted molar refractivity (Wildman–Crippen MR) is 72.9 cm³/mol. The second kappa shape index (κ2) is 5.73. The van der Waals surface area contributed by atoms with E-state index in [0.717, 1.165) is 9.90 Å². The molecule has 2 heterocycles. The van der Waals surface area contributed by atoms with Crippen LogP contribution in [0.4, 0.5) is 5.69 Å². The van der Waals surface area contributed by atoms with Crippen molar-refractivity contribution >= 4 is 40.6 Å². The summed E-state index contributed by atoms with van der Waals surface area (Å²) < 4.78 is 6.16. The lowest BCUT2D eigenvalue weighted by molar-refractivity contribution is -0.116. The highest BCUT2D eigenvalue weighted by atomic mass is 32.2. The van der Waals surface area contributed by atoms with Crippen LogP contribution in [0.5, 0.6) is 0 Å². The minimum absolute atomic E-state index is 0.00570. The van der Waals surface area contributed by atoms with Gasteiger partial charge >= 0.3 is 0 Å². The fraction of sp³-hybridized carbons (Fsp3) is 0.455. The smallest absolute Gasteiger partial charge is 0.237 e. The fourth-order valence-corrected chi connectivity index (χ4v) is 3.87. The molecule has 0 atom stereocenters. The highest BCUT2D eigenvalue weighted by Crippen LogP contribution is 2.42. The van der Waals surface area contributed by atoms with Crippen molar-refractivity contribution in [3.8, 4) is 0 Å². The van der Waals surface area contributed by atoms with Gasteiger partial charge in [0.15, 0.2) is 0 Å². The molecule has 0 saturated carbocycles. The van der Waals surface area contributed by atoms with E-state index < -0.39 is 0 Å². The van der Waals surface area contributed by atoms with Gasteiger partial charge in [0.05, 0.1) is 33.7 Å². The zero-order valence-corrected chi connectivity index (χ0v) is 11.6. The highest BCUT2D eigenvalue weighted by molar-refractivity contribution is 8.02. The molecule has 1 aromatic heterocycles. The number of carbonyl (C=O) groups is 1. The lowest BCUT2D eigenvalue weighted by Gasteiger charge is -2.25. The molecule has 7 heteroatoms. The molecule has 18 heavy (non-hydrogen) atoms. The number of amides is 1. The Balaban J connectivity index is 2.29. The SMILES string of the molecule is CCOC(=N)c1cc2c(s1)SCC(=O)N2CCO. The number of β-amino-alcohol motifs (C(OH)–C–C–N with tert-alkyl or cyclic N) is 1. The number of carbonyl (C=O) groups excluding carboxylic acids is 1. The van der Waals surface area contributed by atoms with Gasteiger partial charge in [-0.15, -0.1) is 23.1 Å². The van der Waals surface area contributed by atoms with Crippen molar-refractivity contribution < 1.29 is 14.6 Å². The summed E-state index contributed by atoms with van der Waals surface area (Å²) in [5.41, 5.74) is 0.787. The van der Waals surface area contributed by atoms with Gasteiger partial charge < -0.3 is 14.7 Å². The first kappa shape index (κ1) is 13.4. The summed E-state index contributed by atoms with van der Waals surface area (Å²) in [6.07, 6.45) is 0. The summed E-state index contributed by atoms with van der Waals surface area (Å²) in [6.45, 7) is 2.51. The minimum atomic E-state index is -0.0655. The Bertz CT molecular complexity index is 473. The normalized spacial score (nSPS) is 14.6. The van der Waals surface area contributed by atoms with Gasteiger partial charge in [-0.3, -0.25) is 10.2 Å². The van der Waals surface area contributed by atoms with Gasteiger partial charge in [0.2, 0.25) is 11.8 Å². The molecular formula is C11H14N2O3S2. The second-order valence-corrected chi connectivity index (χ2v) is 5.90. The van der Waals surface area contributed by atoms with E-state index >= 15 is 0 Å². The number of fused-ring (bicyclic) bond motifs is 1. The maximum atomic E-state index is 11.8. The number of rotatable bonds is 4. The molecule has 0 spiro atoms. The number of ether oxygens (including phenoxy) is 1. The third-order valence-electron chi connectivity index (χ3n) is 2.43. The third-order valence-corrected chi connectivity index (χ3v) is 4.82. The molecule has 0 fully saturated rings. The van der Waals surface area contributed by atoms with E-state index in [-0.39, 0.29) is 18.4 Å². The van der Waals surface area contributed by atoms with Crippen molar-refractivity contribution in [1.29, 1.82) is 5.41 Å². The van der Waals surface area contributed by atoms with Crippen LogP contribution in [0.1, 0.15) is 11.8 Å². The number of aliphatic hydroxyl groups is 1. The zero-order chi connectivity index (χ0) is 13.1. The number of thiophene rings is 1. The summed E-state index contributed by atoms with van der Waals surface area (Å²) >= 11 is 2.93. The van der Waals surface area contributed by atoms with E-state index in [1.807, 2.05) is 6.92 Å². The molecule has 98 valence electrons. The molecule has 1 aromatic rings. The molecule has 0 aromatic carbocycles. The van der Waals surface area contributed by atoms with Crippen LogP contribution in [0.2, 0.25) is 0 Å². The number of nitrogens with zero attached hydrogens (tertiary/aromatic N) is 1. The molecule has 2 N–H and O–H groups in total. The van der Waals surface area contributed by atoms with Crippen molar-refractivity contribution in [2.45, 2.75) is 11.1 Å². The van der Waals surface area contributed by atoms with Crippen LogP contribution in [-0.4, -0.2) is 42.4 Å². The van der Waals surface area contributed by atoms with Gasteiger partial charge in [0.25, 0.3) is 0 Å². The van der Waals surface area contributed by atoms with Crippen molar-refractivity contribution in [3.63, 3.8) is 0 Å². The number of hydrogen-bond acceptors (Lipinski definition) is 6. The van der Waals surface area contributed by atoms with E-state index in [2.05, 4.69) is 0 Å². The minimum Gasteiger partial charge on any atom is -0.477 e. The van der Waals surface area contributed by atoms with E-state index in [9.17, 15) is 4.79 Å². The molecule has 1 aliphatic rings. The van der Waals surface area contributed by atoms with Gasteiger partial charge in [0.1, 0.15) is 0 Å². The van der Waals surface area contributed by atoms with Gasteiger partial charge in [-0.25, -0.2) is 0 Å². The lowest BCUT2D eigenvalue weighted by Crippen LogP contribution is -2.36. The molecule has 5 nitrogen and oxygen atoms in total. The van der Waals surface area contributed by atoms with Crippen LogP contribution in [-0.2, 0) is 9.53 Å². The van der Waals surface area contributed by atoms with Crippen molar-refractivity contribution in [2.24, 2.45) is 0 Å². The molecule has 0 unspecified atom stereocenters. The van der Waals surface area contributed by atoms with Crippen LogP contribution in [0.25, 0.3) is 0 Å². The number of thioether (sulfide) groups is 1. The Labute approximate surface area is 113 Å². The molecular weight excluding hydrogens is 272 g/mol. The average Bonchev–Trinajstić information content (AvgIpc) is 2.77. The standard InChI is InChI=1S/C11H14N2O3S2/c1-2-16-10(12)8-5-7-11(18-8)17-6-9(15)13(7)3-4-14/h5,12,14H,2-4,6H2,1H3. The van der Waals surface area contributed by atoms with Crippen LogP contribution >= 0.6 is 23.1 Å². The number of nitrogens with one attached hydrogen (secondary N) is 1. The van der Waals surface area contributed by atoms with Crippen LogP contribution in [0, 0.1) is 5.41 Å². The molecule has 0 aliphatic carbocycles. The largest absolute Gasteiger partial charge is 0.477 e. The first-order valence-electron chi connectivity index (χ1n) is 5.57. The average molecular weight is 286 g/mol. The molecule has 1 amide bonds. The zero-order valence-electron chi connectivity index (χ0n) is 9.93. The van der Waals surface area contributed by atoms with E-state index in [1.165, 1.54) is 23.1 Å². The molecule has 2 rings (SSSR count). The van der Waals surface area contributed by atoms with Gasteiger partial charge in [-0.1, -0.05) is 0 Å². The Morgan fingerprint density at radius 2 is 2.44 bits per heavy atom. The summed E-state index contributed by atoms with van der Waals surface area (Å²) in [6, 6.07) is 1.79. The predicted octanol–water partition coefficient (Wildman–Crippen LogP) is 1.54. The molecule has 0 bridgehead atoms. The summed E-state index contributed by atoms with van der Waals surface area (Å²) in [5.74, 6) is 0.511. The topological polar surface area (TPSA) is 73.6 Å². The van der Waals surface area contributed by atoms with Crippen molar-refractivity contribution in [1.82, 2.24) is 0 Å². The number of anilines is 1. The Kier molecular flexibility index (Phi) is 4.26. The summed E-state index contributed by atoms with van der Waals surface area (Å²) in [5, 5.41) is 16.8. The van der Waals surface area contributed by atoms with E-state index in [0.29, 0.717) is 23.8 Å². The summed E-state index contributed by atoms with van der Waals surface area (Å²) in [4.78, 5) is 14.1. The Morgan fingerprint density at radius 1 is 1.67 bits per heavy atom. The maximum absolute atomic E-state index is 11.8. The number of hydrogen-bond donors (Lipinski definition) is 2. The Morgan fingerprint density at radius 3 is 3.11 bits per heavy atom. The number of aliphatic hydroxyl groups excluding tert-OH is 1. The van der Waals surface area contributed by atoms with E-state index in [4.69, 9.17) is 15.3 Å². The first-order chi connectivity index (χ1) is 8.67. The second-order valence-electron chi connectivity index (χ2n) is 3.60. The van der Waals surface area contributed by atoms with Crippen molar-refractivity contribution in [3.05, 3.63) is 10.9 Å². The Hall–Kier alpha value is -1.05. The highest BCUT2D eigenvalue weighted by Gasteiger charge is 2.27.